The molecule has 3 aromatic heterocycles. The minimum Gasteiger partial charge on any atom is -0.485 e. The monoisotopic (exact) mass is 500 g/mol. The summed E-state index contributed by atoms with van der Waals surface area (Å²) in [6, 6.07) is 2.26. The molecule has 0 aromatic carbocycles. The standard InChI is InChI=1S/C25H24O5S3/c1-2-15-7-14(1)8-16(15)10-26-11-17-9-20(24-21-18(12-31-24)27-3-5-29-21)33-23(17)25-22-19(13-32-25)28-4-6-30-22/h1-2,9,12-16H,3-8,10-11H2/t14-,15+,16+/m1/s1. The molecule has 4 aliphatic rings. The zero-order valence-corrected chi connectivity index (χ0v) is 20.5. The Kier molecular flexibility index (Phi) is 5.15. The van der Waals surface area contributed by atoms with Crippen LogP contribution in [0.3, 0.4) is 0 Å². The summed E-state index contributed by atoms with van der Waals surface area (Å²) in [5.41, 5.74) is 1.20. The molecule has 0 saturated heterocycles. The van der Waals surface area contributed by atoms with Crippen molar-refractivity contribution in [2.45, 2.75) is 19.4 Å². The van der Waals surface area contributed by atoms with Crippen LogP contribution in [0.4, 0.5) is 0 Å². The quantitative estimate of drug-likeness (QED) is 0.363. The largest absolute Gasteiger partial charge is 0.485 e. The van der Waals surface area contributed by atoms with Crippen molar-refractivity contribution in [1.82, 2.24) is 0 Å². The fourth-order valence-electron chi connectivity index (χ4n) is 5.30. The van der Waals surface area contributed by atoms with Gasteiger partial charge in [-0.3, -0.25) is 0 Å². The molecule has 0 unspecified atom stereocenters. The van der Waals surface area contributed by atoms with Crippen molar-refractivity contribution in [1.29, 1.82) is 0 Å². The van der Waals surface area contributed by atoms with E-state index >= 15 is 0 Å². The summed E-state index contributed by atoms with van der Waals surface area (Å²) in [7, 11) is 0. The van der Waals surface area contributed by atoms with E-state index in [1.807, 2.05) is 5.38 Å². The third-order valence-corrected chi connectivity index (χ3v) is 10.2. The third kappa shape index (κ3) is 3.58. The van der Waals surface area contributed by atoms with Crippen molar-refractivity contribution in [3.63, 3.8) is 0 Å². The number of ether oxygens (including phenoxy) is 5. The van der Waals surface area contributed by atoms with Gasteiger partial charge in [-0.15, -0.1) is 34.0 Å². The first kappa shape index (κ1) is 20.4. The SMILES string of the molecule is C1=C[C@H]2C[C@@H]1C[C@H]2COCc1cc(-c2scc3c2OCCO3)sc1-c1scc2c1OCCO2. The number of fused-ring (bicyclic) bond motifs is 4. The van der Waals surface area contributed by atoms with E-state index in [1.165, 1.54) is 28.2 Å². The number of hydrogen-bond acceptors (Lipinski definition) is 8. The van der Waals surface area contributed by atoms with E-state index in [0.717, 1.165) is 45.3 Å². The maximum absolute atomic E-state index is 6.34. The van der Waals surface area contributed by atoms with Gasteiger partial charge in [0.2, 0.25) is 0 Å². The Bertz CT molecular complexity index is 1200. The Balaban J connectivity index is 1.20. The van der Waals surface area contributed by atoms with Crippen molar-refractivity contribution in [2.24, 2.45) is 17.8 Å². The summed E-state index contributed by atoms with van der Waals surface area (Å²) in [5.74, 6) is 5.57. The van der Waals surface area contributed by atoms with Crippen LogP contribution in [-0.4, -0.2) is 33.0 Å². The second kappa shape index (κ2) is 8.34. The highest BCUT2D eigenvalue weighted by molar-refractivity contribution is 7.26. The van der Waals surface area contributed by atoms with Crippen LogP contribution < -0.4 is 18.9 Å². The van der Waals surface area contributed by atoms with E-state index in [-0.39, 0.29) is 0 Å². The Hall–Kier alpha value is -2.00. The molecule has 0 spiro atoms. The van der Waals surface area contributed by atoms with Gasteiger partial charge >= 0.3 is 0 Å². The van der Waals surface area contributed by atoms with Gasteiger partial charge in [-0.1, -0.05) is 12.2 Å². The first-order valence-electron chi connectivity index (χ1n) is 11.5. The molecule has 172 valence electrons. The van der Waals surface area contributed by atoms with Crippen LogP contribution in [0, 0.1) is 17.8 Å². The van der Waals surface area contributed by atoms with Crippen molar-refractivity contribution in [3.05, 3.63) is 34.5 Å². The van der Waals surface area contributed by atoms with Crippen LogP contribution >= 0.6 is 34.0 Å². The van der Waals surface area contributed by atoms with Crippen LogP contribution in [-0.2, 0) is 11.3 Å². The van der Waals surface area contributed by atoms with E-state index in [1.54, 1.807) is 34.0 Å². The summed E-state index contributed by atoms with van der Waals surface area (Å²) in [6.45, 7) is 3.81. The van der Waals surface area contributed by atoms with Crippen molar-refractivity contribution >= 4 is 34.0 Å². The lowest BCUT2D eigenvalue weighted by molar-refractivity contribution is 0.0793. The fourth-order valence-corrected chi connectivity index (χ4v) is 8.62. The average molecular weight is 501 g/mol. The van der Waals surface area contributed by atoms with E-state index in [4.69, 9.17) is 23.7 Å². The minimum absolute atomic E-state index is 0.585. The molecule has 33 heavy (non-hydrogen) atoms. The van der Waals surface area contributed by atoms with Crippen LogP contribution in [0.1, 0.15) is 18.4 Å². The molecule has 5 nitrogen and oxygen atoms in total. The second-order valence-corrected chi connectivity index (χ2v) is 11.7. The minimum atomic E-state index is 0.585. The summed E-state index contributed by atoms with van der Waals surface area (Å²) >= 11 is 5.14. The van der Waals surface area contributed by atoms with Gasteiger partial charge in [0.1, 0.15) is 26.4 Å². The van der Waals surface area contributed by atoms with Gasteiger partial charge in [0, 0.05) is 15.6 Å². The molecular formula is C25H24O5S3. The lowest BCUT2D eigenvalue weighted by Gasteiger charge is -2.18. The highest BCUT2D eigenvalue weighted by Crippen LogP contribution is 2.54. The van der Waals surface area contributed by atoms with Gasteiger partial charge in [-0.2, -0.15) is 0 Å². The molecular weight excluding hydrogens is 476 g/mol. The molecule has 0 amide bonds. The highest BCUT2D eigenvalue weighted by atomic mass is 32.1. The Morgan fingerprint density at radius 3 is 2.27 bits per heavy atom. The van der Waals surface area contributed by atoms with E-state index in [2.05, 4.69) is 23.6 Å². The van der Waals surface area contributed by atoms with Gasteiger partial charge < -0.3 is 23.7 Å². The molecule has 5 heterocycles. The Labute approximate surface area is 204 Å². The van der Waals surface area contributed by atoms with E-state index in [9.17, 15) is 0 Å². The smallest absolute Gasteiger partial charge is 0.180 e. The lowest BCUT2D eigenvalue weighted by Crippen LogP contribution is -2.14. The maximum atomic E-state index is 6.34. The molecule has 1 fully saturated rings. The molecule has 7 rings (SSSR count). The van der Waals surface area contributed by atoms with Crippen molar-refractivity contribution < 1.29 is 23.7 Å². The second-order valence-electron chi connectivity index (χ2n) is 8.93. The van der Waals surface area contributed by atoms with Gasteiger partial charge in [-0.25, -0.2) is 0 Å². The van der Waals surface area contributed by atoms with Gasteiger partial charge in [0.05, 0.1) is 27.8 Å². The number of allylic oxidation sites excluding steroid dienone is 2. The van der Waals surface area contributed by atoms with Crippen LogP contribution in [0.2, 0.25) is 0 Å². The molecule has 2 aliphatic carbocycles. The Morgan fingerprint density at radius 1 is 0.818 bits per heavy atom. The maximum Gasteiger partial charge on any atom is 0.180 e. The molecule has 2 aliphatic heterocycles. The first-order valence-corrected chi connectivity index (χ1v) is 14.0. The molecule has 1 saturated carbocycles. The average Bonchev–Trinajstić information content (AvgIpc) is 3.66. The van der Waals surface area contributed by atoms with Gasteiger partial charge in [0.25, 0.3) is 0 Å². The van der Waals surface area contributed by atoms with Gasteiger partial charge in [-0.05, 0) is 42.2 Å². The molecule has 2 bridgehead atoms. The molecule has 8 heteroatoms. The normalized spacial score (nSPS) is 24.5. The molecule has 0 N–H and O–H groups in total. The topological polar surface area (TPSA) is 46.2 Å². The van der Waals surface area contributed by atoms with Crippen LogP contribution in [0.5, 0.6) is 23.0 Å². The number of hydrogen-bond donors (Lipinski definition) is 0. The van der Waals surface area contributed by atoms with Crippen LogP contribution in [0.25, 0.3) is 19.5 Å². The zero-order valence-electron chi connectivity index (χ0n) is 18.0. The van der Waals surface area contributed by atoms with Crippen molar-refractivity contribution in [3.8, 4) is 42.5 Å². The highest BCUT2D eigenvalue weighted by Gasteiger charge is 2.35. The zero-order chi connectivity index (χ0) is 21.8. The fraction of sp³-hybridized carbons (Fsp3) is 0.440. The summed E-state index contributed by atoms with van der Waals surface area (Å²) in [5, 5.41) is 4.10. The molecule has 3 atom stereocenters. The van der Waals surface area contributed by atoms with Crippen LogP contribution in [0.15, 0.2) is 29.0 Å². The lowest BCUT2D eigenvalue weighted by atomic mass is 9.95. The summed E-state index contributed by atoms with van der Waals surface area (Å²) in [4.78, 5) is 4.64. The third-order valence-electron chi connectivity index (χ3n) is 6.85. The predicted molar refractivity (Wildman–Crippen MR) is 131 cm³/mol. The molecule has 3 aromatic rings. The van der Waals surface area contributed by atoms with Crippen molar-refractivity contribution in [2.75, 3.05) is 33.0 Å². The number of thiophene rings is 3. The first-order chi connectivity index (χ1) is 16.3. The summed E-state index contributed by atoms with van der Waals surface area (Å²) < 4.78 is 29.9. The van der Waals surface area contributed by atoms with Gasteiger partial charge in [0.15, 0.2) is 23.0 Å². The Morgan fingerprint density at radius 2 is 1.55 bits per heavy atom. The predicted octanol–water partition coefficient (Wildman–Crippen LogP) is 6.48. The molecule has 0 radical (unpaired) electrons. The summed E-state index contributed by atoms with van der Waals surface area (Å²) in [6.07, 6.45) is 7.37. The number of rotatable bonds is 6. The van der Waals surface area contributed by atoms with E-state index < -0.39 is 0 Å². The van der Waals surface area contributed by atoms with E-state index in [0.29, 0.717) is 44.9 Å².